The van der Waals surface area contributed by atoms with E-state index in [-0.39, 0.29) is 30.2 Å². The maximum absolute atomic E-state index is 14.1. The zero-order chi connectivity index (χ0) is 26.4. The molecule has 0 bridgehead atoms. The van der Waals surface area contributed by atoms with Gasteiger partial charge in [-0.1, -0.05) is 63.3 Å². The summed E-state index contributed by atoms with van der Waals surface area (Å²) in [6.07, 6.45) is 9.10. The molecule has 5 nitrogen and oxygen atoms in total. The first-order valence-electron chi connectivity index (χ1n) is 13.6. The molecule has 6 heteroatoms. The highest BCUT2D eigenvalue weighted by Crippen LogP contribution is 2.42. The van der Waals surface area contributed by atoms with Crippen molar-refractivity contribution in [2.24, 2.45) is 0 Å². The van der Waals surface area contributed by atoms with Crippen LogP contribution in [0.1, 0.15) is 83.0 Å². The lowest BCUT2D eigenvalue weighted by Crippen LogP contribution is -2.48. The average molecular weight is 504 g/mol. The second-order valence-electron chi connectivity index (χ2n) is 10.1. The molecule has 2 amide bonds. The first kappa shape index (κ1) is 26.6. The molecular weight excluding hydrogens is 465 g/mol. The van der Waals surface area contributed by atoms with Crippen molar-refractivity contribution >= 4 is 17.5 Å². The van der Waals surface area contributed by atoms with Gasteiger partial charge in [-0.3, -0.25) is 14.5 Å². The number of rotatable bonds is 11. The Kier molecular flexibility index (Phi) is 8.80. The van der Waals surface area contributed by atoms with E-state index in [0.717, 1.165) is 41.9 Å². The Balaban J connectivity index is 1.60. The Bertz CT molecular complexity index is 1200. The molecule has 0 saturated carbocycles. The zero-order valence-corrected chi connectivity index (χ0v) is 22.2. The van der Waals surface area contributed by atoms with Crippen LogP contribution in [-0.2, 0) is 9.59 Å². The lowest BCUT2D eigenvalue weighted by molar-refractivity contribution is -0.137. The highest BCUT2D eigenvalue weighted by molar-refractivity contribution is 6.00. The van der Waals surface area contributed by atoms with Crippen molar-refractivity contribution in [2.75, 3.05) is 11.4 Å². The molecule has 0 N–H and O–H groups in total. The standard InChI is InChI=1S/C31H38FN3O2/c1-4-5-6-7-8-9-16-29(36)34(23(2)3)22-30(37)35-27-14-11-10-13-26(27)33-21-12-15-28(33)31(35)24-17-19-25(32)20-18-24/h10-15,17-21,23,31H,4-9,16,22H2,1-3H3. The highest BCUT2D eigenvalue weighted by atomic mass is 19.1. The summed E-state index contributed by atoms with van der Waals surface area (Å²) in [6, 6.07) is 17.5. The highest BCUT2D eigenvalue weighted by Gasteiger charge is 2.37. The number of hydrogen-bond acceptors (Lipinski definition) is 2. The smallest absolute Gasteiger partial charge is 0.247 e. The van der Waals surface area contributed by atoms with Gasteiger partial charge in [0.25, 0.3) is 0 Å². The molecule has 4 rings (SSSR count). The first-order valence-corrected chi connectivity index (χ1v) is 13.6. The normalized spacial score (nSPS) is 14.4. The predicted molar refractivity (Wildman–Crippen MR) is 146 cm³/mol. The molecule has 2 aromatic carbocycles. The number of unbranched alkanes of at least 4 members (excludes halogenated alkanes) is 5. The van der Waals surface area contributed by atoms with Crippen molar-refractivity contribution in [2.45, 2.75) is 77.8 Å². The van der Waals surface area contributed by atoms with E-state index in [1.807, 2.05) is 56.4 Å². The fourth-order valence-electron chi connectivity index (χ4n) is 5.20. The number of para-hydroxylation sites is 2. The summed E-state index contributed by atoms with van der Waals surface area (Å²) in [5.74, 6) is -0.454. The lowest BCUT2D eigenvalue weighted by atomic mass is 9.97. The van der Waals surface area contributed by atoms with Gasteiger partial charge in [0, 0.05) is 18.7 Å². The fraction of sp³-hybridized carbons (Fsp3) is 0.419. The number of carbonyl (C=O) groups is 2. The fourth-order valence-corrected chi connectivity index (χ4v) is 5.20. The van der Waals surface area contributed by atoms with Crippen LogP contribution >= 0.6 is 0 Å². The quantitative estimate of drug-likeness (QED) is 0.264. The van der Waals surface area contributed by atoms with Crippen molar-refractivity contribution in [3.05, 3.63) is 83.9 Å². The molecule has 1 aliphatic rings. The van der Waals surface area contributed by atoms with Crippen LogP contribution in [0.3, 0.4) is 0 Å². The Morgan fingerprint density at radius 3 is 2.27 bits per heavy atom. The molecule has 1 aliphatic heterocycles. The molecular formula is C31H38FN3O2. The minimum Gasteiger partial charge on any atom is -0.331 e. The Morgan fingerprint density at radius 2 is 1.57 bits per heavy atom. The number of nitrogens with zero attached hydrogens (tertiary/aromatic N) is 3. The molecule has 1 aromatic heterocycles. The van der Waals surface area contributed by atoms with Gasteiger partial charge in [0.05, 0.1) is 17.1 Å². The number of carbonyl (C=O) groups excluding carboxylic acids is 2. The number of benzene rings is 2. The predicted octanol–water partition coefficient (Wildman–Crippen LogP) is 7.04. The first-order chi connectivity index (χ1) is 17.9. The van der Waals surface area contributed by atoms with E-state index in [2.05, 4.69) is 11.5 Å². The summed E-state index contributed by atoms with van der Waals surface area (Å²) in [5, 5.41) is 0. The van der Waals surface area contributed by atoms with E-state index < -0.39 is 6.04 Å². The van der Waals surface area contributed by atoms with Crippen molar-refractivity contribution < 1.29 is 14.0 Å². The van der Waals surface area contributed by atoms with Crippen molar-refractivity contribution in [3.63, 3.8) is 0 Å². The van der Waals surface area contributed by atoms with Gasteiger partial charge in [-0.25, -0.2) is 4.39 Å². The van der Waals surface area contributed by atoms with Gasteiger partial charge in [-0.2, -0.15) is 0 Å². The third-order valence-corrected chi connectivity index (χ3v) is 7.17. The molecule has 0 radical (unpaired) electrons. The van der Waals surface area contributed by atoms with Gasteiger partial charge in [0.15, 0.2) is 0 Å². The number of hydrogen-bond donors (Lipinski definition) is 0. The van der Waals surface area contributed by atoms with Crippen LogP contribution in [-0.4, -0.2) is 33.9 Å². The van der Waals surface area contributed by atoms with Crippen LogP contribution in [0, 0.1) is 5.82 Å². The van der Waals surface area contributed by atoms with Crippen LogP contribution in [0.2, 0.25) is 0 Å². The molecule has 0 saturated heterocycles. The molecule has 196 valence electrons. The van der Waals surface area contributed by atoms with Gasteiger partial charge in [0.1, 0.15) is 18.4 Å². The summed E-state index contributed by atoms with van der Waals surface area (Å²) < 4.78 is 15.9. The molecule has 2 heterocycles. The second-order valence-corrected chi connectivity index (χ2v) is 10.1. The molecule has 3 aromatic rings. The van der Waals surface area contributed by atoms with E-state index in [1.54, 1.807) is 21.9 Å². The van der Waals surface area contributed by atoms with Gasteiger partial charge < -0.3 is 9.47 Å². The summed E-state index contributed by atoms with van der Waals surface area (Å²) >= 11 is 0. The number of amides is 2. The van der Waals surface area contributed by atoms with Crippen LogP contribution in [0.4, 0.5) is 10.1 Å². The number of anilines is 1. The summed E-state index contributed by atoms with van der Waals surface area (Å²) in [7, 11) is 0. The number of fused-ring (bicyclic) bond motifs is 3. The van der Waals surface area contributed by atoms with Crippen molar-refractivity contribution in [3.8, 4) is 5.69 Å². The van der Waals surface area contributed by atoms with Gasteiger partial charge >= 0.3 is 0 Å². The minimum absolute atomic E-state index is 0.000920. The van der Waals surface area contributed by atoms with Gasteiger partial charge in [0.2, 0.25) is 11.8 Å². The monoisotopic (exact) mass is 503 g/mol. The van der Waals surface area contributed by atoms with Gasteiger partial charge in [-0.05, 0) is 62.2 Å². The molecule has 0 spiro atoms. The molecule has 1 atom stereocenters. The van der Waals surface area contributed by atoms with Crippen LogP contribution in [0.5, 0.6) is 0 Å². The zero-order valence-electron chi connectivity index (χ0n) is 22.2. The van der Waals surface area contributed by atoms with E-state index in [9.17, 15) is 14.0 Å². The largest absolute Gasteiger partial charge is 0.331 e. The van der Waals surface area contributed by atoms with Gasteiger partial charge in [-0.15, -0.1) is 0 Å². The molecule has 0 aliphatic carbocycles. The molecule has 37 heavy (non-hydrogen) atoms. The maximum Gasteiger partial charge on any atom is 0.247 e. The van der Waals surface area contributed by atoms with Crippen molar-refractivity contribution in [1.82, 2.24) is 9.47 Å². The Hall–Kier alpha value is -3.41. The lowest BCUT2D eigenvalue weighted by Gasteiger charge is -2.40. The molecule has 1 unspecified atom stereocenters. The number of aromatic nitrogens is 1. The minimum atomic E-state index is -0.430. The second kappa shape index (κ2) is 12.2. The van der Waals surface area contributed by atoms with Crippen LogP contribution in [0.25, 0.3) is 5.69 Å². The van der Waals surface area contributed by atoms with E-state index in [1.165, 1.54) is 31.4 Å². The van der Waals surface area contributed by atoms with E-state index in [4.69, 9.17) is 0 Å². The Labute approximate surface area is 219 Å². The summed E-state index contributed by atoms with van der Waals surface area (Å²) in [5.41, 5.74) is 3.42. The topological polar surface area (TPSA) is 45.6 Å². The third-order valence-electron chi connectivity index (χ3n) is 7.17. The SMILES string of the molecule is CCCCCCCCC(=O)N(CC(=O)N1c2ccccc2-n2cccc2C1c1ccc(F)cc1)C(C)C. The Morgan fingerprint density at radius 1 is 0.892 bits per heavy atom. The van der Waals surface area contributed by atoms with Crippen LogP contribution < -0.4 is 4.90 Å². The van der Waals surface area contributed by atoms with E-state index in [0.29, 0.717) is 6.42 Å². The average Bonchev–Trinajstić information content (AvgIpc) is 3.38. The van der Waals surface area contributed by atoms with Crippen LogP contribution in [0.15, 0.2) is 66.9 Å². The summed E-state index contributed by atoms with van der Waals surface area (Å²) in [6.45, 7) is 6.11. The van der Waals surface area contributed by atoms with Crippen molar-refractivity contribution in [1.29, 1.82) is 0 Å². The van der Waals surface area contributed by atoms with E-state index >= 15 is 0 Å². The maximum atomic E-state index is 14.1. The summed E-state index contributed by atoms with van der Waals surface area (Å²) in [4.78, 5) is 30.7. The third kappa shape index (κ3) is 5.95. The number of halogens is 1. The molecule has 0 fully saturated rings.